The molecule has 2 saturated heterocycles. The van der Waals surface area contributed by atoms with E-state index in [1.807, 2.05) is 4.90 Å². The van der Waals surface area contributed by atoms with Gasteiger partial charge in [-0.3, -0.25) is 14.6 Å². The zero-order valence-corrected chi connectivity index (χ0v) is 12.0. The molecule has 7 heteroatoms. The molecule has 2 atom stereocenters. The Hall–Kier alpha value is -1.99. The lowest BCUT2D eigenvalue weighted by Gasteiger charge is -2.25. The molecule has 0 radical (unpaired) electrons. The summed E-state index contributed by atoms with van der Waals surface area (Å²) in [4.78, 5) is 26.8. The van der Waals surface area contributed by atoms with Crippen molar-refractivity contribution in [1.82, 2.24) is 15.1 Å². The van der Waals surface area contributed by atoms with Gasteiger partial charge < -0.3 is 10.4 Å². The van der Waals surface area contributed by atoms with E-state index in [9.17, 15) is 19.1 Å². The van der Waals surface area contributed by atoms with Crippen molar-refractivity contribution < 1.29 is 19.1 Å². The van der Waals surface area contributed by atoms with Gasteiger partial charge in [0.05, 0.1) is 12.6 Å². The molecule has 0 spiro atoms. The zero-order chi connectivity index (χ0) is 15.7. The number of halogens is 1. The quantitative estimate of drug-likeness (QED) is 0.852. The monoisotopic (exact) mass is 307 g/mol. The van der Waals surface area contributed by atoms with Gasteiger partial charge in [0, 0.05) is 25.7 Å². The Morgan fingerprint density at radius 1 is 1.36 bits per heavy atom. The maximum Gasteiger partial charge on any atom is 0.324 e. The molecule has 2 heterocycles. The number of imide groups is 1. The van der Waals surface area contributed by atoms with E-state index in [1.54, 1.807) is 12.1 Å². The van der Waals surface area contributed by atoms with Gasteiger partial charge in [-0.05, 0) is 24.1 Å². The van der Waals surface area contributed by atoms with Crippen LogP contribution in [0.4, 0.5) is 9.18 Å². The molecule has 118 valence electrons. The molecule has 1 aromatic carbocycles. The lowest BCUT2D eigenvalue weighted by atomic mass is 10.0. The van der Waals surface area contributed by atoms with E-state index < -0.39 is 6.10 Å². The van der Waals surface area contributed by atoms with Crippen LogP contribution in [0.5, 0.6) is 0 Å². The van der Waals surface area contributed by atoms with Crippen molar-refractivity contribution in [2.75, 3.05) is 26.2 Å². The first-order valence-corrected chi connectivity index (χ1v) is 7.30. The highest BCUT2D eigenvalue weighted by Crippen LogP contribution is 2.32. The minimum atomic E-state index is -0.532. The number of hydrogen-bond acceptors (Lipinski definition) is 4. The lowest BCUT2D eigenvalue weighted by molar-refractivity contribution is -0.129. The number of hydrogen-bond donors (Lipinski definition) is 2. The van der Waals surface area contributed by atoms with E-state index in [2.05, 4.69) is 5.32 Å². The van der Waals surface area contributed by atoms with Crippen LogP contribution in [0.15, 0.2) is 24.3 Å². The number of carbonyl (C=O) groups is 2. The van der Waals surface area contributed by atoms with Crippen molar-refractivity contribution in [3.05, 3.63) is 35.6 Å². The van der Waals surface area contributed by atoms with Crippen LogP contribution in [-0.4, -0.2) is 59.1 Å². The molecular weight excluding hydrogens is 289 g/mol. The van der Waals surface area contributed by atoms with Gasteiger partial charge in [-0.2, -0.15) is 0 Å². The fourth-order valence-electron chi connectivity index (χ4n) is 3.05. The highest BCUT2D eigenvalue weighted by molar-refractivity contribution is 5.96. The molecule has 3 amide bonds. The Morgan fingerprint density at radius 3 is 2.73 bits per heavy atom. The third-order valence-corrected chi connectivity index (χ3v) is 4.13. The molecule has 22 heavy (non-hydrogen) atoms. The van der Waals surface area contributed by atoms with E-state index in [0.29, 0.717) is 26.1 Å². The Labute approximate surface area is 127 Å². The maximum absolute atomic E-state index is 13.0. The molecule has 2 aliphatic rings. The summed E-state index contributed by atoms with van der Waals surface area (Å²) in [5.41, 5.74) is 0.858. The van der Waals surface area contributed by atoms with Crippen LogP contribution < -0.4 is 5.32 Å². The van der Waals surface area contributed by atoms with Crippen molar-refractivity contribution in [3.8, 4) is 0 Å². The number of β-amino-alcohol motifs (C(OH)–C–C–N with tert-alkyl or cyclic N) is 1. The van der Waals surface area contributed by atoms with Gasteiger partial charge in [0.2, 0.25) is 5.91 Å². The Morgan fingerprint density at radius 2 is 2.09 bits per heavy atom. The molecule has 0 bridgehead atoms. The van der Waals surface area contributed by atoms with Crippen LogP contribution in [0.25, 0.3) is 0 Å². The SMILES string of the molecule is O=C(CN1CC(O)CC1c1ccc(F)cc1)N1CCNC1=O. The van der Waals surface area contributed by atoms with Crippen LogP contribution in [-0.2, 0) is 4.79 Å². The molecule has 3 rings (SSSR count). The summed E-state index contributed by atoms with van der Waals surface area (Å²) in [6.45, 7) is 1.26. The summed E-state index contributed by atoms with van der Waals surface area (Å²) < 4.78 is 13.0. The van der Waals surface area contributed by atoms with Crippen LogP contribution in [0.3, 0.4) is 0 Å². The highest BCUT2D eigenvalue weighted by Gasteiger charge is 2.35. The van der Waals surface area contributed by atoms with Gasteiger partial charge in [-0.25, -0.2) is 9.18 Å². The summed E-state index contributed by atoms with van der Waals surface area (Å²) in [6.07, 6.45) is -0.0410. The summed E-state index contributed by atoms with van der Waals surface area (Å²) in [7, 11) is 0. The fourth-order valence-corrected chi connectivity index (χ4v) is 3.05. The molecule has 2 N–H and O–H groups in total. The van der Waals surface area contributed by atoms with Crippen molar-refractivity contribution >= 4 is 11.9 Å². The summed E-state index contributed by atoms with van der Waals surface area (Å²) >= 11 is 0. The molecular formula is C15H18FN3O3. The average Bonchev–Trinajstić information content (AvgIpc) is 3.06. The topological polar surface area (TPSA) is 72.9 Å². The minimum Gasteiger partial charge on any atom is -0.392 e. The summed E-state index contributed by atoms with van der Waals surface area (Å²) in [5.74, 6) is -0.602. The average molecular weight is 307 g/mol. The van der Waals surface area contributed by atoms with Crippen molar-refractivity contribution in [3.63, 3.8) is 0 Å². The molecule has 0 aromatic heterocycles. The molecule has 2 unspecified atom stereocenters. The zero-order valence-electron chi connectivity index (χ0n) is 12.0. The van der Waals surface area contributed by atoms with Gasteiger partial charge >= 0.3 is 6.03 Å². The summed E-state index contributed by atoms with van der Waals surface area (Å²) in [5, 5.41) is 12.5. The second kappa shape index (κ2) is 6.02. The number of rotatable bonds is 3. The van der Waals surface area contributed by atoms with Gasteiger partial charge in [-0.1, -0.05) is 12.1 Å². The third-order valence-electron chi connectivity index (χ3n) is 4.13. The number of nitrogens with one attached hydrogen (secondary N) is 1. The van der Waals surface area contributed by atoms with Gasteiger partial charge in [0.15, 0.2) is 0 Å². The van der Waals surface area contributed by atoms with Crippen LogP contribution >= 0.6 is 0 Å². The van der Waals surface area contributed by atoms with Gasteiger partial charge in [-0.15, -0.1) is 0 Å². The Bertz CT molecular complexity index is 578. The molecule has 0 aliphatic carbocycles. The number of aliphatic hydroxyl groups is 1. The van der Waals surface area contributed by atoms with Crippen molar-refractivity contribution in [1.29, 1.82) is 0 Å². The number of urea groups is 1. The number of aliphatic hydroxyl groups excluding tert-OH is 1. The standard InChI is InChI=1S/C15H18FN3O3/c16-11-3-1-10(2-4-11)13-7-12(20)8-18(13)9-14(21)19-6-5-17-15(19)22/h1-4,12-13,20H,5-9H2,(H,17,22). The Kier molecular flexibility index (Phi) is 4.08. The van der Waals surface area contributed by atoms with E-state index in [4.69, 9.17) is 0 Å². The first-order valence-electron chi connectivity index (χ1n) is 7.30. The van der Waals surface area contributed by atoms with E-state index in [0.717, 1.165) is 5.56 Å². The largest absolute Gasteiger partial charge is 0.392 e. The normalized spacial score (nSPS) is 25.5. The smallest absolute Gasteiger partial charge is 0.324 e. The van der Waals surface area contributed by atoms with Crippen molar-refractivity contribution in [2.45, 2.75) is 18.6 Å². The number of benzene rings is 1. The molecule has 1 aromatic rings. The van der Waals surface area contributed by atoms with Crippen molar-refractivity contribution in [2.24, 2.45) is 0 Å². The third kappa shape index (κ3) is 2.95. The lowest BCUT2D eigenvalue weighted by Crippen LogP contribution is -2.42. The first kappa shape index (κ1) is 14.9. The minimum absolute atomic E-state index is 0.0620. The predicted molar refractivity (Wildman–Crippen MR) is 76.4 cm³/mol. The fraction of sp³-hybridized carbons (Fsp3) is 0.467. The van der Waals surface area contributed by atoms with Crippen LogP contribution in [0.2, 0.25) is 0 Å². The molecule has 6 nitrogen and oxygen atoms in total. The second-order valence-corrected chi connectivity index (χ2v) is 5.66. The van der Waals surface area contributed by atoms with Crippen LogP contribution in [0, 0.1) is 5.82 Å². The maximum atomic E-state index is 13.0. The highest BCUT2D eigenvalue weighted by atomic mass is 19.1. The number of likely N-dealkylation sites (tertiary alicyclic amines) is 1. The predicted octanol–water partition coefficient (Wildman–Crippen LogP) is 0.485. The number of carbonyl (C=O) groups excluding carboxylic acids is 2. The molecule has 0 saturated carbocycles. The number of nitrogens with zero attached hydrogens (tertiary/aromatic N) is 2. The van der Waals surface area contributed by atoms with E-state index >= 15 is 0 Å². The Balaban J connectivity index is 1.72. The van der Waals surface area contributed by atoms with Crippen LogP contribution in [0.1, 0.15) is 18.0 Å². The van der Waals surface area contributed by atoms with E-state index in [-0.39, 0.29) is 30.3 Å². The molecule has 2 aliphatic heterocycles. The van der Waals surface area contributed by atoms with Gasteiger partial charge in [0.25, 0.3) is 0 Å². The molecule has 2 fully saturated rings. The second-order valence-electron chi connectivity index (χ2n) is 5.66. The summed E-state index contributed by atoms with van der Waals surface area (Å²) in [6, 6.07) is 5.55. The first-order chi connectivity index (χ1) is 10.5. The number of amides is 3. The van der Waals surface area contributed by atoms with E-state index in [1.165, 1.54) is 17.0 Å². The van der Waals surface area contributed by atoms with Gasteiger partial charge in [0.1, 0.15) is 5.82 Å².